The quantitative estimate of drug-likeness (QED) is 0.467. The summed E-state index contributed by atoms with van der Waals surface area (Å²) in [6.45, 7) is 22.7. The lowest BCUT2D eigenvalue weighted by molar-refractivity contribution is -0.118. The van der Waals surface area contributed by atoms with Gasteiger partial charge in [-0.2, -0.15) is 5.26 Å². The van der Waals surface area contributed by atoms with E-state index in [9.17, 15) is 14.4 Å². The maximum atomic E-state index is 14.1. The monoisotopic (exact) mass is 435 g/mol. The lowest BCUT2D eigenvalue weighted by Gasteiger charge is -2.34. The van der Waals surface area contributed by atoms with Crippen LogP contribution in [0, 0.1) is 23.1 Å². The first kappa shape index (κ1) is 30.8. The minimum atomic E-state index is -0.455. The lowest BCUT2D eigenvalue weighted by Crippen LogP contribution is -2.46. The number of halogens is 1. The second-order valence-electron chi connectivity index (χ2n) is 8.13. The van der Waals surface area contributed by atoms with E-state index in [4.69, 9.17) is 4.74 Å². The van der Waals surface area contributed by atoms with Gasteiger partial charge in [0.2, 0.25) is 6.41 Å². The number of nitriles is 1. The van der Waals surface area contributed by atoms with Gasteiger partial charge in [-0.25, -0.2) is 4.39 Å². The highest BCUT2D eigenvalue weighted by Crippen LogP contribution is 2.27. The summed E-state index contributed by atoms with van der Waals surface area (Å²) in [5, 5.41) is 9.22. The van der Waals surface area contributed by atoms with Crippen LogP contribution in [0.5, 0.6) is 0 Å². The minimum absolute atomic E-state index is 0.0417. The Morgan fingerprint density at radius 3 is 2.03 bits per heavy atom. The molecule has 1 aliphatic heterocycles. The highest BCUT2D eigenvalue weighted by molar-refractivity contribution is 5.62. The van der Waals surface area contributed by atoms with Gasteiger partial charge in [-0.15, -0.1) is 13.2 Å². The summed E-state index contributed by atoms with van der Waals surface area (Å²) in [6.07, 6.45) is 1.61. The molecule has 1 fully saturated rings. The van der Waals surface area contributed by atoms with Crippen LogP contribution < -0.4 is 4.90 Å². The first-order valence-corrected chi connectivity index (χ1v) is 10.8. The summed E-state index contributed by atoms with van der Waals surface area (Å²) in [7, 11) is 1.71. The molecule has 176 valence electrons. The smallest absolute Gasteiger partial charge is 0.209 e. The summed E-state index contributed by atoms with van der Waals surface area (Å²) in [4.78, 5) is 14.4. The van der Waals surface area contributed by atoms with Crippen molar-refractivity contribution in [2.24, 2.45) is 5.92 Å². The van der Waals surface area contributed by atoms with Crippen LogP contribution in [0.4, 0.5) is 10.1 Å². The maximum Gasteiger partial charge on any atom is 0.209 e. The average molecular weight is 436 g/mol. The van der Waals surface area contributed by atoms with E-state index < -0.39 is 5.82 Å². The first-order valence-electron chi connectivity index (χ1n) is 10.8. The van der Waals surface area contributed by atoms with Gasteiger partial charge < -0.3 is 14.5 Å². The number of ether oxygens (including phenoxy) is 1. The van der Waals surface area contributed by atoms with Crippen molar-refractivity contribution in [1.82, 2.24) is 4.90 Å². The van der Waals surface area contributed by atoms with Crippen molar-refractivity contribution >= 4 is 12.1 Å². The van der Waals surface area contributed by atoms with Crippen molar-refractivity contribution < 1.29 is 13.9 Å². The van der Waals surface area contributed by atoms with Crippen LogP contribution in [-0.2, 0) is 16.0 Å². The highest BCUT2D eigenvalue weighted by atomic mass is 19.1. The Bertz CT molecular complexity index is 671. The number of piperazine rings is 1. The largest absolute Gasteiger partial charge is 0.379 e. The zero-order valence-electron chi connectivity index (χ0n) is 20.8. The number of anilines is 1. The molecule has 0 saturated carbocycles. The fourth-order valence-electron chi connectivity index (χ4n) is 2.66. The molecule has 0 radical (unpaired) electrons. The van der Waals surface area contributed by atoms with Crippen LogP contribution in [0.2, 0.25) is 0 Å². The topological polar surface area (TPSA) is 56.6 Å². The highest BCUT2D eigenvalue weighted by Gasteiger charge is 2.21. The Labute approximate surface area is 189 Å². The summed E-state index contributed by atoms with van der Waals surface area (Å²) in [5.74, 6) is -0.0273. The predicted octanol–water partition coefficient (Wildman–Crippen LogP) is 5.43. The second kappa shape index (κ2) is 16.3. The van der Waals surface area contributed by atoms with Crippen LogP contribution in [-0.4, -0.2) is 50.2 Å². The molecule has 1 amide bonds. The number of benzene rings is 1. The SMILES string of the molecule is C=C.CC.CC(C)Cc1cc(F)c(C#N)c(N2CCN(C=O)CC2)c1.COC(C)(C)C. The third kappa shape index (κ3) is 12.1. The van der Waals surface area contributed by atoms with Crippen molar-refractivity contribution in [3.05, 3.63) is 42.2 Å². The number of hydrogen-bond acceptors (Lipinski definition) is 4. The molecule has 1 aromatic rings. The van der Waals surface area contributed by atoms with E-state index in [1.807, 2.05) is 51.7 Å². The molecule has 1 aromatic carbocycles. The van der Waals surface area contributed by atoms with Gasteiger partial charge in [0, 0.05) is 33.3 Å². The third-order valence-electron chi connectivity index (χ3n) is 4.30. The van der Waals surface area contributed by atoms with E-state index in [0.29, 0.717) is 37.8 Å². The molecule has 6 heteroatoms. The fourth-order valence-corrected chi connectivity index (χ4v) is 2.66. The van der Waals surface area contributed by atoms with Crippen LogP contribution in [0.15, 0.2) is 25.3 Å². The normalized spacial score (nSPS) is 12.9. The molecule has 0 aliphatic carbocycles. The van der Waals surface area contributed by atoms with E-state index in [-0.39, 0.29) is 11.2 Å². The summed E-state index contributed by atoms with van der Waals surface area (Å²) >= 11 is 0. The number of nitrogens with zero attached hydrogens (tertiary/aromatic N) is 3. The molecular weight excluding hydrogens is 393 g/mol. The van der Waals surface area contributed by atoms with Gasteiger partial charge in [-0.05, 0) is 50.8 Å². The van der Waals surface area contributed by atoms with E-state index >= 15 is 0 Å². The summed E-state index contributed by atoms with van der Waals surface area (Å²) < 4.78 is 19.1. The maximum absolute atomic E-state index is 14.1. The van der Waals surface area contributed by atoms with Gasteiger partial charge in [-0.1, -0.05) is 27.7 Å². The van der Waals surface area contributed by atoms with E-state index in [1.165, 1.54) is 6.07 Å². The molecule has 1 heterocycles. The second-order valence-corrected chi connectivity index (χ2v) is 8.13. The van der Waals surface area contributed by atoms with Crippen molar-refractivity contribution in [1.29, 1.82) is 5.26 Å². The van der Waals surface area contributed by atoms with Crippen molar-refractivity contribution in [2.45, 2.75) is 60.5 Å². The number of amides is 1. The fraction of sp³-hybridized carbons (Fsp3) is 0.600. The minimum Gasteiger partial charge on any atom is -0.379 e. The lowest BCUT2D eigenvalue weighted by atomic mass is 9.99. The van der Waals surface area contributed by atoms with Crippen LogP contribution in [0.1, 0.15) is 59.6 Å². The third-order valence-corrected chi connectivity index (χ3v) is 4.30. The average Bonchev–Trinajstić information content (AvgIpc) is 2.76. The number of hydrogen-bond donors (Lipinski definition) is 0. The standard InChI is InChI=1S/C16H20FN3O.C5H12O.C2H6.C2H4/c1-12(2)7-13-8-15(17)14(10-18)16(9-13)20-5-3-19(11-21)4-6-20;1-5(2,3)6-4;2*1-2/h8-9,11-12H,3-7H2,1-2H3;1-4H3;1-2H3;1-2H2. The number of rotatable bonds is 4. The Kier molecular flexibility index (Phi) is 16.2. The molecule has 5 nitrogen and oxygen atoms in total. The predicted molar refractivity (Wildman–Crippen MR) is 129 cm³/mol. The first-order chi connectivity index (χ1) is 14.6. The number of carbonyl (C=O) groups excluding carboxylic acids is 1. The van der Waals surface area contributed by atoms with Gasteiger partial charge in [0.15, 0.2) is 0 Å². The zero-order chi connectivity index (χ0) is 24.6. The van der Waals surface area contributed by atoms with Crippen LogP contribution in [0.3, 0.4) is 0 Å². The van der Waals surface area contributed by atoms with E-state index in [0.717, 1.165) is 18.4 Å². The van der Waals surface area contributed by atoms with Gasteiger partial charge in [0.05, 0.1) is 11.3 Å². The molecule has 0 unspecified atom stereocenters. The zero-order valence-corrected chi connectivity index (χ0v) is 20.8. The van der Waals surface area contributed by atoms with Gasteiger partial charge in [0.1, 0.15) is 17.4 Å². The molecule has 0 aromatic heterocycles. The Morgan fingerprint density at radius 2 is 1.68 bits per heavy atom. The molecule has 1 aliphatic rings. The molecule has 0 spiro atoms. The van der Waals surface area contributed by atoms with Crippen LogP contribution in [0.25, 0.3) is 0 Å². The summed E-state index contributed by atoms with van der Waals surface area (Å²) in [5.41, 5.74) is 1.70. The van der Waals surface area contributed by atoms with Crippen molar-refractivity contribution in [3.63, 3.8) is 0 Å². The summed E-state index contributed by atoms with van der Waals surface area (Å²) in [6, 6.07) is 5.34. The van der Waals surface area contributed by atoms with Crippen molar-refractivity contribution in [3.8, 4) is 6.07 Å². The number of methoxy groups -OCH3 is 1. The molecule has 0 atom stereocenters. The number of carbonyl (C=O) groups is 1. The van der Waals surface area contributed by atoms with E-state index in [2.05, 4.69) is 27.0 Å². The van der Waals surface area contributed by atoms with Gasteiger partial charge in [-0.3, -0.25) is 4.79 Å². The molecule has 2 rings (SSSR count). The molecule has 0 bridgehead atoms. The van der Waals surface area contributed by atoms with Crippen molar-refractivity contribution in [2.75, 3.05) is 38.2 Å². The van der Waals surface area contributed by atoms with Gasteiger partial charge in [0.25, 0.3) is 0 Å². The van der Waals surface area contributed by atoms with E-state index in [1.54, 1.807) is 12.0 Å². The van der Waals surface area contributed by atoms with Crippen LogP contribution >= 0.6 is 0 Å². The Morgan fingerprint density at radius 1 is 1.19 bits per heavy atom. The Balaban J connectivity index is 0. The molecule has 1 saturated heterocycles. The Hall–Kier alpha value is -2.39. The molecule has 0 N–H and O–H groups in total. The molecule has 31 heavy (non-hydrogen) atoms. The molecular formula is C25H42FN3O2. The van der Waals surface area contributed by atoms with Gasteiger partial charge >= 0.3 is 0 Å².